The van der Waals surface area contributed by atoms with Gasteiger partial charge in [0.2, 0.25) is 0 Å². The summed E-state index contributed by atoms with van der Waals surface area (Å²) in [4.78, 5) is 13.0. The van der Waals surface area contributed by atoms with Gasteiger partial charge in [-0.2, -0.15) is 5.10 Å². The van der Waals surface area contributed by atoms with Crippen molar-refractivity contribution in [3.63, 3.8) is 0 Å². The quantitative estimate of drug-likeness (QED) is 0.768. The van der Waals surface area contributed by atoms with E-state index in [4.69, 9.17) is 0 Å². The number of hydrogen-bond donors (Lipinski definition) is 1. The molecule has 0 radical (unpaired) electrons. The van der Waals surface area contributed by atoms with Crippen LogP contribution < -0.4 is 0 Å². The van der Waals surface area contributed by atoms with Gasteiger partial charge in [-0.05, 0) is 39.3 Å². The molecule has 1 saturated heterocycles. The number of H-pyrrole nitrogens is 1. The highest BCUT2D eigenvalue weighted by molar-refractivity contribution is 5.71. The lowest BCUT2D eigenvalue weighted by Gasteiger charge is -2.27. The highest BCUT2D eigenvalue weighted by atomic mass is 16.1. The summed E-state index contributed by atoms with van der Waals surface area (Å²) in [7, 11) is 0. The third-order valence-corrected chi connectivity index (χ3v) is 3.05. The van der Waals surface area contributed by atoms with Crippen LogP contribution in [0.5, 0.6) is 0 Å². The fourth-order valence-electron chi connectivity index (χ4n) is 2.33. The molecule has 4 heteroatoms. The highest BCUT2D eigenvalue weighted by Gasteiger charge is 2.28. The molecule has 1 aromatic heterocycles. The molecule has 0 saturated carbocycles. The first-order valence-corrected chi connectivity index (χ1v) is 5.48. The van der Waals surface area contributed by atoms with Crippen molar-refractivity contribution in [1.29, 1.82) is 0 Å². The molecule has 0 spiro atoms. The summed E-state index contributed by atoms with van der Waals surface area (Å²) in [6.07, 6.45) is 3.16. The van der Waals surface area contributed by atoms with Crippen LogP contribution in [0.2, 0.25) is 0 Å². The zero-order valence-corrected chi connectivity index (χ0v) is 9.23. The normalized spacial score (nSPS) is 22.5. The molecule has 2 rings (SSSR count). The molecule has 15 heavy (non-hydrogen) atoms. The van der Waals surface area contributed by atoms with Crippen LogP contribution in [0.25, 0.3) is 0 Å². The number of nitrogens with zero attached hydrogens (tertiary/aromatic N) is 2. The zero-order valence-electron chi connectivity index (χ0n) is 9.23. The summed E-state index contributed by atoms with van der Waals surface area (Å²) < 4.78 is 0. The monoisotopic (exact) mass is 207 g/mol. The first kappa shape index (κ1) is 10.4. The van der Waals surface area contributed by atoms with Crippen LogP contribution in [0.15, 0.2) is 6.07 Å². The van der Waals surface area contributed by atoms with E-state index in [-0.39, 0.29) is 0 Å². The van der Waals surface area contributed by atoms with Gasteiger partial charge in [-0.3, -0.25) is 14.8 Å². The van der Waals surface area contributed by atoms with E-state index >= 15 is 0 Å². The summed E-state index contributed by atoms with van der Waals surface area (Å²) in [6, 6.07) is 2.81. The van der Waals surface area contributed by atoms with Crippen molar-refractivity contribution >= 4 is 6.29 Å². The maximum absolute atomic E-state index is 10.6. The molecule has 0 aliphatic carbocycles. The van der Waals surface area contributed by atoms with Crippen LogP contribution >= 0.6 is 0 Å². The first-order chi connectivity index (χ1) is 7.22. The van der Waals surface area contributed by atoms with Crippen LogP contribution in [0.4, 0.5) is 0 Å². The molecule has 2 heterocycles. The Hall–Kier alpha value is -1.16. The smallest absolute Gasteiger partial charge is 0.170 e. The van der Waals surface area contributed by atoms with Crippen molar-refractivity contribution in [2.75, 3.05) is 6.54 Å². The van der Waals surface area contributed by atoms with Gasteiger partial charge in [-0.15, -0.1) is 0 Å². The predicted octanol–water partition coefficient (Wildman–Crippen LogP) is 1.77. The van der Waals surface area contributed by atoms with Crippen LogP contribution in [-0.4, -0.2) is 34.0 Å². The molecule has 0 aromatic carbocycles. The van der Waals surface area contributed by atoms with E-state index in [9.17, 15) is 4.79 Å². The molecule has 1 fully saturated rings. The van der Waals surface area contributed by atoms with Crippen LogP contribution in [0.3, 0.4) is 0 Å². The number of rotatable bonds is 3. The third kappa shape index (κ3) is 1.95. The molecule has 1 aliphatic rings. The minimum absolute atomic E-state index is 0.409. The molecule has 4 nitrogen and oxygen atoms in total. The maximum atomic E-state index is 10.6. The molecular weight excluding hydrogens is 190 g/mol. The van der Waals surface area contributed by atoms with E-state index in [0.717, 1.165) is 24.9 Å². The van der Waals surface area contributed by atoms with Gasteiger partial charge in [-0.1, -0.05) is 0 Å². The van der Waals surface area contributed by atoms with E-state index in [1.165, 1.54) is 6.42 Å². The number of hydrogen-bond acceptors (Lipinski definition) is 3. The summed E-state index contributed by atoms with van der Waals surface area (Å²) in [5.74, 6) is 0. The Labute approximate surface area is 89.7 Å². The van der Waals surface area contributed by atoms with E-state index in [1.807, 2.05) is 6.07 Å². The lowest BCUT2D eigenvalue weighted by Crippen LogP contribution is -2.30. The highest BCUT2D eigenvalue weighted by Crippen LogP contribution is 2.32. The van der Waals surface area contributed by atoms with Crippen LogP contribution in [-0.2, 0) is 0 Å². The first-order valence-electron chi connectivity index (χ1n) is 5.48. The van der Waals surface area contributed by atoms with Crippen molar-refractivity contribution in [3.8, 4) is 0 Å². The number of carbonyl (C=O) groups is 1. The van der Waals surface area contributed by atoms with Gasteiger partial charge in [-0.25, -0.2) is 0 Å². The molecule has 1 N–H and O–H groups in total. The number of aromatic amines is 1. The molecule has 0 amide bonds. The fourth-order valence-corrected chi connectivity index (χ4v) is 2.33. The molecule has 1 aliphatic heterocycles. The Morgan fingerprint density at radius 3 is 3.07 bits per heavy atom. The van der Waals surface area contributed by atoms with Gasteiger partial charge < -0.3 is 0 Å². The minimum atomic E-state index is 0.409. The average molecular weight is 207 g/mol. The second-order valence-corrected chi connectivity index (χ2v) is 4.36. The summed E-state index contributed by atoms with van der Waals surface area (Å²) >= 11 is 0. The van der Waals surface area contributed by atoms with Gasteiger partial charge >= 0.3 is 0 Å². The Kier molecular flexibility index (Phi) is 2.86. The molecule has 1 atom stereocenters. The largest absolute Gasteiger partial charge is 0.296 e. The van der Waals surface area contributed by atoms with Crippen molar-refractivity contribution < 1.29 is 4.79 Å². The minimum Gasteiger partial charge on any atom is -0.296 e. The predicted molar refractivity (Wildman–Crippen MR) is 57.8 cm³/mol. The number of carbonyl (C=O) groups excluding carboxylic acids is 1. The van der Waals surface area contributed by atoms with E-state index in [1.54, 1.807) is 0 Å². The lowest BCUT2D eigenvalue weighted by molar-refractivity contribution is 0.111. The van der Waals surface area contributed by atoms with Gasteiger partial charge in [0, 0.05) is 6.04 Å². The van der Waals surface area contributed by atoms with Gasteiger partial charge in [0.05, 0.1) is 11.7 Å². The fraction of sp³-hybridized carbons (Fsp3) is 0.636. The SMILES string of the molecule is CC(C)N1CCCC1c1cc(C=O)n[nH]1. The Bertz CT molecular complexity index is 345. The van der Waals surface area contributed by atoms with E-state index in [0.29, 0.717) is 17.8 Å². The van der Waals surface area contributed by atoms with Crippen molar-refractivity contribution in [2.24, 2.45) is 0 Å². The number of likely N-dealkylation sites (tertiary alicyclic amines) is 1. The standard InChI is InChI=1S/C11H17N3O/c1-8(2)14-5-3-4-11(14)10-6-9(7-15)12-13-10/h6-8,11H,3-5H2,1-2H3,(H,12,13). The molecule has 0 bridgehead atoms. The van der Waals surface area contributed by atoms with Gasteiger partial charge in [0.25, 0.3) is 0 Å². The van der Waals surface area contributed by atoms with Crippen molar-refractivity contribution in [1.82, 2.24) is 15.1 Å². The molecule has 82 valence electrons. The summed E-state index contributed by atoms with van der Waals surface area (Å²) in [5, 5.41) is 6.91. The third-order valence-electron chi connectivity index (χ3n) is 3.05. The van der Waals surface area contributed by atoms with Crippen LogP contribution in [0, 0.1) is 0 Å². The summed E-state index contributed by atoms with van der Waals surface area (Å²) in [6.45, 7) is 5.54. The summed E-state index contributed by atoms with van der Waals surface area (Å²) in [5.41, 5.74) is 1.57. The Morgan fingerprint density at radius 2 is 2.47 bits per heavy atom. The van der Waals surface area contributed by atoms with Crippen LogP contribution in [0.1, 0.15) is 48.9 Å². The van der Waals surface area contributed by atoms with E-state index in [2.05, 4.69) is 28.9 Å². The topological polar surface area (TPSA) is 49.0 Å². The second kappa shape index (κ2) is 4.14. The maximum Gasteiger partial charge on any atom is 0.170 e. The average Bonchev–Trinajstić information content (AvgIpc) is 2.85. The molecule has 1 aromatic rings. The number of aldehydes is 1. The van der Waals surface area contributed by atoms with Crippen molar-refractivity contribution in [2.45, 2.75) is 38.8 Å². The molecular formula is C11H17N3O. The number of aromatic nitrogens is 2. The Balaban J connectivity index is 2.18. The lowest BCUT2D eigenvalue weighted by atomic mass is 10.1. The second-order valence-electron chi connectivity index (χ2n) is 4.36. The van der Waals surface area contributed by atoms with E-state index < -0.39 is 0 Å². The molecule has 1 unspecified atom stereocenters. The van der Waals surface area contributed by atoms with Gasteiger partial charge in [0.15, 0.2) is 6.29 Å². The Morgan fingerprint density at radius 1 is 1.67 bits per heavy atom. The zero-order chi connectivity index (χ0) is 10.8. The van der Waals surface area contributed by atoms with Gasteiger partial charge in [0.1, 0.15) is 5.69 Å². The van der Waals surface area contributed by atoms with Crippen molar-refractivity contribution in [3.05, 3.63) is 17.5 Å². The number of nitrogens with one attached hydrogen (secondary N) is 1.